The van der Waals surface area contributed by atoms with Gasteiger partial charge in [-0.05, 0) is 37.6 Å². The van der Waals surface area contributed by atoms with E-state index in [2.05, 4.69) is 48.0 Å². The third-order valence-electron chi connectivity index (χ3n) is 6.47. The van der Waals surface area contributed by atoms with Crippen molar-refractivity contribution >= 4 is 28.9 Å². The van der Waals surface area contributed by atoms with Crippen molar-refractivity contribution in [3.63, 3.8) is 0 Å². The third-order valence-corrected chi connectivity index (χ3v) is 7.21. The summed E-state index contributed by atoms with van der Waals surface area (Å²) in [6.07, 6.45) is 2.72. The van der Waals surface area contributed by atoms with Crippen molar-refractivity contribution in [2.45, 2.75) is 50.9 Å². The molecule has 29 heavy (non-hydrogen) atoms. The van der Waals surface area contributed by atoms with Crippen molar-refractivity contribution in [1.82, 2.24) is 9.91 Å². The van der Waals surface area contributed by atoms with E-state index in [-0.39, 0.29) is 11.8 Å². The summed E-state index contributed by atoms with van der Waals surface area (Å²) in [5.74, 6) is 0.998. The Bertz CT molecular complexity index is 966. The molecular weight excluding hydrogens is 405 g/mol. The Morgan fingerprint density at radius 2 is 1.83 bits per heavy atom. The molecule has 0 unspecified atom stereocenters. The molecule has 0 amide bonds. The number of hydrazone groups is 1. The Morgan fingerprint density at radius 1 is 1.07 bits per heavy atom. The van der Waals surface area contributed by atoms with Crippen LogP contribution in [0.4, 0.5) is 0 Å². The number of rotatable bonds is 2. The van der Waals surface area contributed by atoms with Crippen LogP contribution < -0.4 is 4.74 Å². The number of piperidine rings is 1. The van der Waals surface area contributed by atoms with Crippen LogP contribution >= 0.6 is 23.2 Å². The minimum absolute atomic E-state index is 0.190. The number of fused-ring (bicyclic) bond motifs is 4. The van der Waals surface area contributed by atoms with Gasteiger partial charge in [-0.3, -0.25) is 0 Å². The van der Waals surface area contributed by atoms with E-state index in [1.165, 1.54) is 5.56 Å². The minimum atomic E-state index is -0.387. The van der Waals surface area contributed by atoms with Gasteiger partial charge in [0.25, 0.3) is 0 Å². The lowest BCUT2D eigenvalue weighted by Crippen LogP contribution is -2.59. The van der Waals surface area contributed by atoms with Crippen LogP contribution in [0.25, 0.3) is 0 Å². The van der Waals surface area contributed by atoms with Gasteiger partial charge >= 0.3 is 0 Å². The summed E-state index contributed by atoms with van der Waals surface area (Å²) in [6, 6.07) is 14.9. The minimum Gasteiger partial charge on any atom is -0.466 e. The lowest BCUT2D eigenvalue weighted by Gasteiger charge is -2.51. The molecule has 4 nitrogen and oxygen atoms in total. The van der Waals surface area contributed by atoms with Crippen molar-refractivity contribution in [3.05, 3.63) is 63.6 Å². The van der Waals surface area contributed by atoms with Gasteiger partial charge in [-0.2, -0.15) is 5.10 Å². The number of halogens is 2. The SMILES string of the molecule is CC(C)N1CCC2(CC1)Oc1ccccc1[C@H]1CC(c3ccc(Cl)c(Cl)c3)=NN12. The lowest BCUT2D eigenvalue weighted by atomic mass is 9.90. The molecule has 0 aliphatic carbocycles. The quantitative estimate of drug-likeness (QED) is 0.609. The second-order valence-corrected chi connectivity index (χ2v) is 9.27. The standard InChI is InChI=1S/C23H25Cl2N3O/c1-15(2)27-11-9-23(10-12-27)28-21(17-5-3-4-6-22(17)29-23)14-20(26-28)16-7-8-18(24)19(25)13-16/h3-8,13,15,21H,9-12,14H2,1-2H3/t21-/m1/s1. The second-order valence-electron chi connectivity index (χ2n) is 8.46. The van der Waals surface area contributed by atoms with E-state index >= 15 is 0 Å². The molecule has 1 fully saturated rings. The molecule has 0 aromatic heterocycles. The van der Waals surface area contributed by atoms with Gasteiger partial charge in [-0.1, -0.05) is 47.5 Å². The van der Waals surface area contributed by atoms with Gasteiger partial charge in [0.1, 0.15) is 5.75 Å². The molecule has 6 heteroatoms. The average Bonchev–Trinajstić information content (AvgIpc) is 3.17. The van der Waals surface area contributed by atoms with Gasteiger partial charge < -0.3 is 9.64 Å². The number of hydrogen-bond acceptors (Lipinski definition) is 4. The summed E-state index contributed by atoms with van der Waals surface area (Å²) < 4.78 is 6.67. The first kappa shape index (κ1) is 19.2. The fraction of sp³-hybridized carbons (Fsp3) is 0.435. The summed E-state index contributed by atoms with van der Waals surface area (Å²) in [5.41, 5.74) is 2.89. The molecule has 3 heterocycles. The Balaban J connectivity index is 1.53. The summed E-state index contributed by atoms with van der Waals surface area (Å²) >= 11 is 12.4. The fourth-order valence-corrected chi connectivity index (χ4v) is 5.10. The predicted molar refractivity (Wildman–Crippen MR) is 118 cm³/mol. The molecule has 1 saturated heterocycles. The Hall–Kier alpha value is -1.75. The van der Waals surface area contributed by atoms with E-state index in [0.29, 0.717) is 16.1 Å². The maximum absolute atomic E-state index is 6.67. The molecule has 1 atom stereocenters. The Kier molecular flexibility index (Phi) is 4.77. The van der Waals surface area contributed by atoms with E-state index in [1.807, 2.05) is 18.2 Å². The number of benzene rings is 2. The van der Waals surface area contributed by atoms with Crippen LogP contribution in [-0.2, 0) is 0 Å². The van der Waals surface area contributed by atoms with Gasteiger partial charge in [-0.15, -0.1) is 0 Å². The van der Waals surface area contributed by atoms with Crippen molar-refractivity contribution in [2.24, 2.45) is 5.10 Å². The van der Waals surface area contributed by atoms with E-state index in [1.54, 1.807) is 0 Å². The van der Waals surface area contributed by atoms with Crippen molar-refractivity contribution in [1.29, 1.82) is 0 Å². The molecular formula is C23H25Cl2N3O. The largest absolute Gasteiger partial charge is 0.466 e. The highest BCUT2D eigenvalue weighted by atomic mass is 35.5. The molecule has 0 bridgehead atoms. The molecule has 3 aliphatic rings. The van der Waals surface area contributed by atoms with Gasteiger partial charge in [0.05, 0.1) is 21.8 Å². The van der Waals surface area contributed by atoms with Crippen LogP contribution in [0.5, 0.6) is 5.75 Å². The zero-order valence-electron chi connectivity index (χ0n) is 16.7. The summed E-state index contributed by atoms with van der Waals surface area (Å²) in [4.78, 5) is 2.52. The highest BCUT2D eigenvalue weighted by Gasteiger charge is 2.51. The molecule has 2 aromatic carbocycles. The van der Waals surface area contributed by atoms with E-state index in [9.17, 15) is 0 Å². The normalized spacial score (nSPS) is 23.0. The monoisotopic (exact) mass is 429 g/mol. The highest BCUT2D eigenvalue weighted by molar-refractivity contribution is 6.42. The molecule has 0 radical (unpaired) electrons. The summed E-state index contributed by atoms with van der Waals surface area (Å²) in [7, 11) is 0. The van der Waals surface area contributed by atoms with Crippen molar-refractivity contribution in [3.8, 4) is 5.75 Å². The molecule has 0 saturated carbocycles. The van der Waals surface area contributed by atoms with Crippen molar-refractivity contribution in [2.75, 3.05) is 13.1 Å². The van der Waals surface area contributed by atoms with Gasteiger partial charge in [0.15, 0.2) is 0 Å². The van der Waals surface area contributed by atoms with E-state index < -0.39 is 0 Å². The van der Waals surface area contributed by atoms with Crippen LogP contribution in [0.2, 0.25) is 10.0 Å². The maximum atomic E-state index is 6.67. The first-order valence-electron chi connectivity index (χ1n) is 10.3. The fourth-order valence-electron chi connectivity index (χ4n) is 4.80. The average molecular weight is 430 g/mol. The van der Waals surface area contributed by atoms with Crippen LogP contribution in [-0.4, -0.2) is 40.5 Å². The van der Waals surface area contributed by atoms with E-state index in [4.69, 9.17) is 33.0 Å². The molecule has 1 spiro atoms. The van der Waals surface area contributed by atoms with Crippen molar-refractivity contribution < 1.29 is 4.74 Å². The first-order valence-corrected chi connectivity index (χ1v) is 11.1. The zero-order valence-corrected chi connectivity index (χ0v) is 18.2. The highest BCUT2D eigenvalue weighted by Crippen LogP contribution is 2.50. The van der Waals surface area contributed by atoms with Gasteiger partial charge in [-0.25, -0.2) is 5.01 Å². The second kappa shape index (κ2) is 7.19. The molecule has 5 rings (SSSR count). The van der Waals surface area contributed by atoms with Crippen LogP contribution in [0.1, 0.15) is 50.3 Å². The number of nitrogens with zero attached hydrogens (tertiary/aromatic N) is 3. The number of hydrogen-bond donors (Lipinski definition) is 0. The predicted octanol–water partition coefficient (Wildman–Crippen LogP) is 5.74. The lowest BCUT2D eigenvalue weighted by molar-refractivity contribution is -0.152. The van der Waals surface area contributed by atoms with Crippen LogP contribution in [0, 0.1) is 0 Å². The van der Waals surface area contributed by atoms with Crippen LogP contribution in [0.15, 0.2) is 47.6 Å². The summed E-state index contributed by atoms with van der Waals surface area (Å²) in [6.45, 7) is 6.55. The Morgan fingerprint density at radius 3 is 2.55 bits per heavy atom. The van der Waals surface area contributed by atoms with Crippen LogP contribution in [0.3, 0.4) is 0 Å². The number of ether oxygens (including phenoxy) is 1. The molecule has 152 valence electrons. The first-order chi connectivity index (χ1) is 14.0. The Labute approximate surface area is 182 Å². The topological polar surface area (TPSA) is 28.1 Å². The third kappa shape index (κ3) is 3.22. The van der Waals surface area contributed by atoms with Gasteiger partial charge in [0.2, 0.25) is 5.72 Å². The smallest absolute Gasteiger partial charge is 0.200 e. The number of para-hydroxylation sites is 1. The maximum Gasteiger partial charge on any atom is 0.200 e. The molecule has 3 aliphatic heterocycles. The summed E-state index contributed by atoms with van der Waals surface area (Å²) in [5, 5.41) is 8.47. The molecule has 0 N–H and O–H groups in total. The zero-order chi connectivity index (χ0) is 20.2. The number of likely N-dealkylation sites (tertiary alicyclic amines) is 1. The van der Waals surface area contributed by atoms with Gasteiger partial charge in [0, 0.05) is 44.0 Å². The van der Waals surface area contributed by atoms with E-state index in [0.717, 1.165) is 49.4 Å². The molecule has 2 aromatic rings.